The molecule has 1 nitrogen and oxygen atoms in total. The SMILES string of the molecule is CC[C@H](/C=C/C(C)C1CCC2C3CC=C4CC(O)CCC4(C)C3CCC12C)C(C)C. The van der Waals surface area contributed by atoms with Crippen LogP contribution in [0.4, 0.5) is 0 Å². The van der Waals surface area contributed by atoms with Gasteiger partial charge in [-0.25, -0.2) is 0 Å². The number of hydrogen-bond donors (Lipinski definition) is 1. The Hall–Kier alpha value is -0.560. The third-order valence-corrected chi connectivity index (χ3v) is 10.8. The summed E-state index contributed by atoms with van der Waals surface area (Å²) in [5.74, 6) is 5.70. The molecule has 0 aromatic rings. The van der Waals surface area contributed by atoms with Crippen molar-refractivity contribution in [2.24, 2.45) is 52.3 Å². The minimum Gasteiger partial charge on any atom is -0.393 e. The normalized spacial score (nSPS) is 45.6. The maximum atomic E-state index is 10.2. The van der Waals surface area contributed by atoms with Crippen LogP contribution in [0.25, 0.3) is 0 Å². The van der Waals surface area contributed by atoms with Gasteiger partial charge in [-0.15, -0.1) is 0 Å². The van der Waals surface area contributed by atoms with Crippen molar-refractivity contribution in [3.05, 3.63) is 23.8 Å². The molecule has 170 valence electrons. The molecule has 0 bridgehead atoms. The molecule has 0 spiro atoms. The van der Waals surface area contributed by atoms with Crippen LogP contribution in [0.5, 0.6) is 0 Å². The molecule has 0 amide bonds. The molecule has 8 unspecified atom stereocenters. The molecule has 0 heterocycles. The van der Waals surface area contributed by atoms with Crippen LogP contribution < -0.4 is 0 Å². The quantitative estimate of drug-likeness (QED) is 0.457. The summed E-state index contributed by atoms with van der Waals surface area (Å²) in [6, 6.07) is 0. The van der Waals surface area contributed by atoms with Gasteiger partial charge in [-0.2, -0.15) is 0 Å². The summed E-state index contributed by atoms with van der Waals surface area (Å²) in [7, 11) is 0. The van der Waals surface area contributed by atoms with Crippen LogP contribution in [0.3, 0.4) is 0 Å². The second-order valence-corrected chi connectivity index (χ2v) is 12.4. The molecule has 0 radical (unpaired) electrons. The predicted octanol–water partition coefficient (Wildman–Crippen LogP) is 7.80. The van der Waals surface area contributed by atoms with E-state index in [-0.39, 0.29) is 6.10 Å². The standard InChI is InChI=1S/C29H48O/c1-7-21(19(2)3)9-8-20(4)25-12-13-26-24-11-10-22-18-23(30)14-16-28(22,5)27(24)15-17-29(25,26)6/h8-10,19-21,23-27,30H,7,11-18H2,1-6H3/b9-8+/t20?,21-,23?,24?,25?,26?,27?,28?,29?/m1/s1. The maximum absolute atomic E-state index is 10.2. The zero-order valence-electron chi connectivity index (χ0n) is 20.7. The summed E-state index contributed by atoms with van der Waals surface area (Å²) in [5, 5.41) is 10.2. The van der Waals surface area contributed by atoms with Crippen molar-refractivity contribution < 1.29 is 5.11 Å². The van der Waals surface area contributed by atoms with E-state index in [4.69, 9.17) is 0 Å². The topological polar surface area (TPSA) is 20.2 Å². The van der Waals surface area contributed by atoms with Gasteiger partial charge >= 0.3 is 0 Å². The van der Waals surface area contributed by atoms with E-state index < -0.39 is 0 Å². The van der Waals surface area contributed by atoms with Crippen LogP contribution in [0.1, 0.15) is 99.3 Å². The zero-order valence-corrected chi connectivity index (χ0v) is 20.7. The van der Waals surface area contributed by atoms with Crippen LogP contribution in [-0.4, -0.2) is 11.2 Å². The fraction of sp³-hybridized carbons (Fsp3) is 0.862. The summed E-state index contributed by atoms with van der Waals surface area (Å²) in [6.45, 7) is 14.8. The van der Waals surface area contributed by atoms with Crippen LogP contribution >= 0.6 is 0 Å². The van der Waals surface area contributed by atoms with E-state index in [9.17, 15) is 5.11 Å². The Bertz CT molecular complexity index is 674. The first-order valence-electron chi connectivity index (χ1n) is 13.3. The smallest absolute Gasteiger partial charge is 0.0577 e. The molecule has 30 heavy (non-hydrogen) atoms. The molecule has 3 fully saturated rings. The molecule has 0 saturated heterocycles. The summed E-state index contributed by atoms with van der Waals surface area (Å²) in [6.07, 6.45) is 19.1. The third kappa shape index (κ3) is 3.66. The van der Waals surface area contributed by atoms with Crippen molar-refractivity contribution >= 4 is 0 Å². The molecule has 3 saturated carbocycles. The minimum absolute atomic E-state index is 0.0870. The van der Waals surface area contributed by atoms with Gasteiger partial charge in [-0.05, 0) is 110 Å². The lowest BCUT2D eigenvalue weighted by Crippen LogP contribution is -2.50. The minimum atomic E-state index is -0.0870. The Morgan fingerprint density at radius 3 is 2.50 bits per heavy atom. The van der Waals surface area contributed by atoms with Gasteiger partial charge in [-0.3, -0.25) is 0 Å². The van der Waals surface area contributed by atoms with Gasteiger partial charge in [0.1, 0.15) is 0 Å². The second kappa shape index (κ2) is 8.42. The molecule has 1 heteroatoms. The Labute approximate surface area is 186 Å². The first-order chi connectivity index (χ1) is 14.2. The van der Waals surface area contributed by atoms with Crippen molar-refractivity contribution in [1.29, 1.82) is 0 Å². The molecular weight excluding hydrogens is 364 g/mol. The Morgan fingerprint density at radius 1 is 1.03 bits per heavy atom. The van der Waals surface area contributed by atoms with E-state index >= 15 is 0 Å². The molecule has 0 aromatic carbocycles. The Kier molecular flexibility index (Phi) is 6.35. The van der Waals surface area contributed by atoms with Crippen molar-refractivity contribution in [3.63, 3.8) is 0 Å². The fourth-order valence-electron chi connectivity index (χ4n) is 8.83. The van der Waals surface area contributed by atoms with Crippen molar-refractivity contribution in [1.82, 2.24) is 0 Å². The zero-order chi connectivity index (χ0) is 21.7. The first kappa shape index (κ1) is 22.6. The van der Waals surface area contributed by atoms with Crippen LogP contribution in [0.15, 0.2) is 23.8 Å². The highest BCUT2D eigenvalue weighted by Crippen LogP contribution is 2.67. The number of allylic oxidation sites excluding steroid dienone is 3. The average molecular weight is 413 g/mol. The first-order valence-corrected chi connectivity index (χ1v) is 13.3. The lowest BCUT2D eigenvalue weighted by atomic mass is 9.47. The second-order valence-electron chi connectivity index (χ2n) is 12.4. The average Bonchev–Trinajstić information content (AvgIpc) is 3.06. The lowest BCUT2D eigenvalue weighted by Gasteiger charge is -2.58. The number of hydrogen-bond acceptors (Lipinski definition) is 1. The summed E-state index contributed by atoms with van der Waals surface area (Å²) in [4.78, 5) is 0. The molecule has 1 N–H and O–H groups in total. The van der Waals surface area contributed by atoms with Crippen LogP contribution in [0.2, 0.25) is 0 Å². The van der Waals surface area contributed by atoms with Gasteiger partial charge in [0.15, 0.2) is 0 Å². The third-order valence-electron chi connectivity index (χ3n) is 10.8. The van der Waals surface area contributed by atoms with E-state index in [0.29, 0.717) is 16.7 Å². The number of fused-ring (bicyclic) bond motifs is 5. The summed E-state index contributed by atoms with van der Waals surface area (Å²) >= 11 is 0. The highest BCUT2D eigenvalue weighted by Gasteiger charge is 2.58. The molecule has 4 aliphatic rings. The molecule has 0 aromatic heterocycles. The van der Waals surface area contributed by atoms with Crippen molar-refractivity contribution in [2.45, 2.75) is 105 Å². The van der Waals surface area contributed by atoms with Gasteiger partial charge in [0.05, 0.1) is 6.10 Å². The highest BCUT2D eigenvalue weighted by molar-refractivity contribution is 5.25. The molecule has 9 atom stereocenters. The van der Waals surface area contributed by atoms with E-state index in [2.05, 4.69) is 59.8 Å². The van der Waals surface area contributed by atoms with Gasteiger partial charge in [0.2, 0.25) is 0 Å². The van der Waals surface area contributed by atoms with E-state index in [1.165, 1.54) is 44.9 Å². The van der Waals surface area contributed by atoms with Crippen LogP contribution in [-0.2, 0) is 0 Å². The lowest BCUT2D eigenvalue weighted by molar-refractivity contribution is -0.0540. The number of rotatable bonds is 5. The molecular formula is C29H48O. The van der Waals surface area contributed by atoms with E-state index in [0.717, 1.165) is 48.3 Å². The summed E-state index contributed by atoms with van der Waals surface area (Å²) < 4.78 is 0. The highest BCUT2D eigenvalue weighted by atomic mass is 16.3. The monoisotopic (exact) mass is 412 g/mol. The van der Waals surface area contributed by atoms with Gasteiger partial charge in [0, 0.05) is 0 Å². The van der Waals surface area contributed by atoms with Gasteiger partial charge in [-0.1, -0.05) is 65.3 Å². The fourth-order valence-corrected chi connectivity index (χ4v) is 8.83. The van der Waals surface area contributed by atoms with Gasteiger partial charge in [0.25, 0.3) is 0 Å². The predicted molar refractivity (Wildman–Crippen MR) is 128 cm³/mol. The van der Waals surface area contributed by atoms with E-state index in [1.807, 2.05) is 0 Å². The van der Waals surface area contributed by atoms with Gasteiger partial charge < -0.3 is 5.11 Å². The van der Waals surface area contributed by atoms with E-state index in [1.54, 1.807) is 5.57 Å². The molecule has 4 rings (SSSR count). The van der Waals surface area contributed by atoms with Crippen molar-refractivity contribution in [3.8, 4) is 0 Å². The molecule has 4 aliphatic carbocycles. The number of aliphatic hydroxyl groups excluding tert-OH is 1. The molecule has 0 aliphatic heterocycles. The largest absolute Gasteiger partial charge is 0.393 e. The van der Waals surface area contributed by atoms with Crippen molar-refractivity contribution in [2.75, 3.05) is 0 Å². The Morgan fingerprint density at radius 2 is 1.80 bits per heavy atom. The Balaban J connectivity index is 1.52. The van der Waals surface area contributed by atoms with Crippen LogP contribution in [0, 0.1) is 52.3 Å². The summed E-state index contributed by atoms with van der Waals surface area (Å²) in [5.41, 5.74) is 2.51. The maximum Gasteiger partial charge on any atom is 0.0577 e. The number of aliphatic hydroxyl groups is 1.